The predicted octanol–water partition coefficient (Wildman–Crippen LogP) is 1.07. The summed E-state index contributed by atoms with van der Waals surface area (Å²) < 4.78 is 0. The molecule has 0 spiro atoms. The summed E-state index contributed by atoms with van der Waals surface area (Å²) in [6.45, 7) is 0.533. The molecule has 0 saturated carbocycles. The van der Waals surface area contributed by atoms with Crippen LogP contribution in [0.4, 0.5) is 0 Å². The number of terminal acetylenes is 1. The Bertz CT molecular complexity index is 449. The summed E-state index contributed by atoms with van der Waals surface area (Å²) in [6.07, 6.45) is 6.43. The molecule has 1 amide bonds. The van der Waals surface area contributed by atoms with Gasteiger partial charge in [0, 0.05) is 18.9 Å². The predicted molar refractivity (Wildman–Crippen MR) is 69.7 cm³/mol. The van der Waals surface area contributed by atoms with Gasteiger partial charge in [-0.25, -0.2) is 0 Å². The summed E-state index contributed by atoms with van der Waals surface area (Å²) >= 11 is 0. The first kappa shape index (κ1) is 12.7. The SMILES string of the molecule is C#CC1CC(=O)N([C@H](CO)Cc2ccccc2)C1. The molecule has 2 atom stereocenters. The second-order valence-corrected chi connectivity index (χ2v) is 4.64. The molecule has 1 unspecified atom stereocenters. The Kier molecular flexibility index (Phi) is 4.01. The van der Waals surface area contributed by atoms with Crippen LogP contribution in [0.15, 0.2) is 30.3 Å². The van der Waals surface area contributed by atoms with Crippen LogP contribution in [0.5, 0.6) is 0 Å². The normalized spacial score (nSPS) is 20.8. The van der Waals surface area contributed by atoms with Gasteiger partial charge in [-0.05, 0) is 12.0 Å². The minimum absolute atomic E-state index is 0.0117. The Morgan fingerprint density at radius 2 is 2.17 bits per heavy atom. The van der Waals surface area contributed by atoms with Crippen LogP contribution >= 0.6 is 0 Å². The number of carbonyl (C=O) groups excluding carboxylic acids is 1. The van der Waals surface area contributed by atoms with Crippen LogP contribution in [0.1, 0.15) is 12.0 Å². The smallest absolute Gasteiger partial charge is 0.224 e. The van der Waals surface area contributed by atoms with E-state index >= 15 is 0 Å². The largest absolute Gasteiger partial charge is 0.394 e. The number of hydrogen-bond donors (Lipinski definition) is 1. The molecule has 1 fully saturated rings. The van der Waals surface area contributed by atoms with E-state index in [2.05, 4.69) is 5.92 Å². The molecule has 0 radical (unpaired) electrons. The Balaban J connectivity index is 2.06. The third-order valence-electron chi connectivity index (χ3n) is 3.36. The lowest BCUT2D eigenvalue weighted by Gasteiger charge is -2.26. The van der Waals surface area contributed by atoms with E-state index in [1.54, 1.807) is 4.90 Å². The zero-order valence-corrected chi connectivity index (χ0v) is 10.2. The topological polar surface area (TPSA) is 40.5 Å². The quantitative estimate of drug-likeness (QED) is 0.804. The van der Waals surface area contributed by atoms with Gasteiger partial charge in [0.25, 0.3) is 0 Å². The van der Waals surface area contributed by atoms with Crippen molar-refractivity contribution in [3.8, 4) is 12.3 Å². The molecule has 1 saturated heterocycles. The van der Waals surface area contributed by atoms with Crippen molar-refractivity contribution in [3.63, 3.8) is 0 Å². The molecule has 2 rings (SSSR count). The van der Waals surface area contributed by atoms with Crippen LogP contribution in [-0.4, -0.2) is 35.1 Å². The third kappa shape index (κ3) is 2.72. The molecule has 1 aliphatic rings. The number of aliphatic hydroxyl groups excluding tert-OH is 1. The number of amides is 1. The van der Waals surface area contributed by atoms with Crippen molar-refractivity contribution in [3.05, 3.63) is 35.9 Å². The van der Waals surface area contributed by atoms with E-state index in [9.17, 15) is 9.90 Å². The fraction of sp³-hybridized carbons (Fsp3) is 0.400. The fourth-order valence-electron chi connectivity index (χ4n) is 2.36. The highest BCUT2D eigenvalue weighted by Crippen LogP contribution is 2.21. The van der Waals surface area contributed by atoms with Crippen LogP contribution in [0.3, 0.4) is 0 Å². The molecule has 3 nitrogen and oxygen atoms in total. The highest BCUT2D eigenvalue weighted by Gasteiger charge is 2.33. The van der Waals surface area contributed by atoms with E-state index in [1.165, 1.54) is 0 Å². The molecule has 0 aromatic heterocycles. The minimum Gasteiger partial charge on any atom is -0.394 e. The van der Waals surface area contributed by atoms with E-state index in [0.717, 1.165) is 5.56 Å². The Hall–Kier alpha value is -1.79. The number of benzene rings is 1. The van der Waals surface area contributed by atoms with E-state index in [4.69, 9.17) is 6.42 Å². The van der Waals surface area contributed by atoms with E-state index in [0.29, 0.717) is 19.4 Å². The van der Waals surface area contributed by atoms with Crippen LogP contribution in [0.25, 0.3) is 0 Å². The highest BCUT2D eigenvalue weighted by molar-refractivity contribution is 5.79. The lowest BCUT2D eigenvalue weighted by molar-refractivity contribution is -0.130. The van der Waals surface area contributed by atoms with Gasteiger partial charge >= 0.3 is 0 Å². The first-order valence-electron chi connectivity index (χ1n) is 6.15. The first-order valence-corrected chi connectivity index (χ1v) is 6.15. The minimum atomic E-state index is -0.168. The van der Waals surface area contributed by atoms with Gasteiger partial charge < -0.3 is 10.0 Å². The van der Waals surface area contributed by atoms with Crippen LogP contribution in [-0.2, 0) is 11.2 Å². The van der Waals surface area contributed by atoms with Crippen molar-refractivity contribution in [2.45, 2.75) is 18.9 Å². The van der Waals surface area contributed by atoms with Gasteiger partial charge in [-0.1, -0.05) is 30.3 Å². The van der Waals surface area contributed by atoms with Crippen LogP contribution in [0.2, 0.25) is 0 Å². The van der Waals surface area contributed by atoms with Gasteiger partial charge in [-0.15, -0.1) is 12.3 Å². The maximum absolute atomic E-state index is 11.9. The maximum atomic E-state index is 11.9. The van der Waals surface area contributed by atoms with Crippen molar-refractivity contribution in [2.75, 3.05) is 13.2 Å². The summed E-state index contributed by atoms with van der Waals surface area (Å²) in [5, 5.41) is 9.48. The molecule has 0 bridgehead atoms. The average Bonchev–Trinajstić information content (AvgIpc) is 2.78. The number of hydrogen-bond acceptors (Lipinski definition) is 2. The molecule has 1 aromatic carbocycles. The number of aliphatic hydroxyl groups is 1. The molecular weight excluding hydrogens is 226 g/mol. The highest BCUT2D eigenvalue weighted by atomic mass is 16.3. The second-order valence-electron chi connectivity index (χ2n) is 4.64. The van der Waals surface area contributed by atoms with Crippen LogP contribution < -0.4 is 0 Å². The van der Waals surface area contributed by atoms with E-state index < -0.39 is 0 Å². The van der Waals surface area contributed by atoms with E-state index in [-0.39, 0.29) is 24.5 Å². The molecule has 1 aliphatic heterocycles. The molecule has 1 N–H and O–H groups in total. The van der Waals surface area contributed by atoms with E-state index in [1.807, 2.05) is 30.3 Å². The number of rotatable bonds is 4. The molecular formula is C15H17NO2. The average molecular weight is 243 g/mol. The molecule has 1 aromatic rings. The van der Waals surface area contributed by atoms with Crippen molar-refractivity contribution >= 4 is 5.91 Å². The molecule has 18 heavy (non-hydrogen) atoms. The standard InChI is InChI=1S/C15H17NO2/c1-2-12-9-15(18)16(10-12)14(11-17)8-13-6-4-3-5-7-13/h1,3-7,12,14,17H,8-11H2/t12?,14-/m0/s1. The monoisotopic (exact) mass is 243 g/mol. The van der Waals surface area contributed by atoms with Crippen molar-refractivity contribution in [1.82, 2.24) is 4.90 Å². The second kappa shape index (κ2) is 5.70. The zero-order valence-electron chi connectivity index (χ0n) is 10.2. The molecule has 1 heterocycles. The van der Waals surface area contributed by atoms with Gasteiger partial charge in [0.15, 0.2) is 0 Å². The van der Waals surface area contributed by atoms with Gasteiger partial charge in [0.05, 0.1) is 12.6 Å². The number of likely N-dealkylation sites (tertiary alicyclic amines) is 1. The number of nitrogens with zero attached hydrogens (tertiary/aromatic N) is 1. The molecule has 94 valence electrons. The van der Waals surface area contributed by atoms with Gasteiger partial charge in [-0.3, -0.25) is 4.79 Å². The zero-order chi connectivity index (χ0) is 13.0. The van der Waals surface area contributed by atoms with Crippen molar-refractivity contribution in [1.29, 1.82) is 0 Å². The summed E-state index contributed by atoms with van der Waals surface area (Å²) in [4.78, 5) is 13.6. The Morgan fingerprint density at radius 1 is 1.44 bits per heavy atom. The Morgan fingerprint density at radius 3 is 2.72 bits per heavy atom. The summed E-state index contributed by atoms with van der Waals surface area (Å²) in [5.41, 5.74) is 1.12. The molecule has 0 aliphatic carbocycles. The third-order valence-corrected chi connectivity index (χ3v) is 3.36. The summed E-state index contributed by atoms with van der Waals surface area (Å²) in [6, 6.07) is 9.70. The lowest BCUT2D eigenvalue weighted by Crippen LogP contribution is -2.40. The summed E-state index contributed by atoms with van der Waals surface area (Å²) in [5.74, 6) is 2.66. The number of carbonyl (C=O) groups is 1. The van der Waals surface area contributed by atoms with Gasteiger partial charge in [0.1, 0.15) is 0 Å². The van der Waals surface area contributed by atoms with Crippen molar-refractivity contribution < 1.29 is 9.90 Å². The van der Waals surface area contributed by atoms with Gasteiger partial charge in [0.2, 0.25) is 5.91 Å². The lowest BCUT2D eigenvalue weighted by atomic mass is 10.1. The fourth-order valence-corrected chi connectivity index (χ4v) is 2.36. The summed E-state index contributed by atoms with van der Waals surface area (Å²) in [7, 11) is 0. The Labute approximate surface area is 107 Å². The van der Waals surface area contributed by atoms with Crippen molar-refractivity contribution in [2.24, 2.45) is 5.92 Å². The first-order chi connectivity index (χ1) is 8.74. The van der Waals surface area contributed by atoms with Crippen LogP contribution in [0, 0.1) is 18.3 Å². The molecule has 3 heteroatoms. The maximum Gasteiger partial charge on any atom is 0.224 e. The van der Waals surface area contributed by atoms with Gasteiger partial charge in [-0.2, -0.15) is 0 Å².